The first kappa shape index (κ1) is 41.8. The van der Waals surface area contributed by atoms with Gasteiger partial charge in [-0.25, -0.2) is 14.4 Å². The van der Waals surface area contributed by atoms with Crippen molar-refractivity contribution in [2.75, 3.05) is 61.9 Å². The number of amides is 5. The lowest BCUT2D eigenvalue weighted by molar-refractivity contribution is -0.136. The number of nitrogens with zero attached hydrogens (tertiary/aromatic N) is 6. The molecule has 0 aliphatic carbocycles. The Bertz CT molecular complexity index is 2430. The highest BCUT2D eigenvalue weighted by Crippen LogP contribution is 2.35. The SMILES string of the molecule is COc1cc2ncnc(Nc3ccc(F)c(Cl)c3)c2cc1NC(=O)/C=C/CN1CCC(CN2CC(C)N(c3ccc4c(c3)C(=O)N(C3CCC(=O)NC3=O)C4=O)C(C)C2)CC1. The zero-order valence-corrected chi connectivity index (χ0v) is 34.9. The molecule has 3 saturated heterocycles. The summed E-state index contributed by atoms with van der Waals surface area (Å²) < 4.78 is 19.3. The Morgan fingerprint density at radius 2 is 1.70 bits per heavy atom. The molecule has 4 aliphatic heterocycles. The summed E-state index contributed by atoms with van der Waals surface area (Å²) >= 11 is 5.97. The highest BCUT2D eigenvalue weighted by Gasteiger charge is 2.45. The number of ether oxygens (including phenoxy) is 1. The second-order valence-electron chi connectivity index (χ2n) is 16.2. The van der Waals surface area contributed by atoms with Crippen molar-refractivity contribution in [3.05, 3.63) is 89.0 Å². The summed E-state index contributed by atoms with van der Waals surface area (Å²) in [6, 6.07) is 12.4. The Balaban J connectivity index is 0.816. The Morgan fingerprint density at radius 3 is 2.43 bits per heavy atom. The largest absolute Gasteiger partial charge is 0.494 e. The Labute approximate surface area is 357 Å². The lowest BCUT2D eigenvalue weighted by Gasteiger charge is -2.47. The third-order valence-corrected chi connectivity index (χ3v) is 12.3. The van der Waals surface area contributed by atoms with E-state index in [1.807, 2.05) is 12.1 Å². The molecule has 0 radical (unpaired) electrons. The number of rotatable bonds is 11. The van der Waals surface area contributed by atoms with Crippen LogP contribution in [0.3, 0.4) is 0 Å². The van der Waals surface area contributed by atoms with E-state index in [9.17, 15) is 28.4 Å². The summed E-state index contributed by atoms with van der Waals surface area (Å²) in [6.45, 7) is 9.53. The summed E-state index contributed by atoms with van der Waals surface area (Å²) in [7, 11) is 1.52. The van der Waals surface area contributed by atoms with Crippen LogP contribution in [0.4, 0.5) is 27.3 Å². The molecule has 318 valence electrons. The number of piperazine rings is 1. The summed E-state index contributed by atoms with van der Waals surface area (Å²) in [5.41, 5.74) is 3.00. The summed E-state index contributed by atoms with van der Waals surface area (Å²) in [5.74, 6) is -1.43. The minimum absolute atomic E-state index is 0.0231. The van der Waals surface area contributed by atoms with E-state index in [1.165, 1.54) is 31.6 Å². The van der Waals surface area contributed by atoms with Gasteiger partial charge in [-0.3, -0.25) is 44.0 Å². The van der Waals surface area contributed by atoms with Gasteiger partial charge in [0.25, 0.3) is 11.8 Å². The number of benzene rings is 3. The van der Waals surface area contributed by atoms with Crippen molar-refractivity contribution in [2.24, 2.45) is 5.92 Å². The Morgan fingerprint density at radius 1 is 0.951 bits per heavy atom. The number of aromatic nitrogens is 2. The van der Waals surface area contributed by atoms with E-state index < -0.39 is 35.5 Å². The van der Waals surface area contributed by atoms with Gasteiger partial charge in [0.05, 0.1) is 34.5 Å². The number of hydrogen-bond acceptors (Lipinski definition) is 12. The minimum atomic E-state index is -0.995. The number of fused-ring (bicyclic) bond motifs is 2. The summed E-state index contributed by atoms with van der Waals surface area (Å²) in [4.78, 5) is 80.9. The minimum Gasteiger partial charge on any atom is -0.494 e. The molecule has 3 N–H and O–H groups in total. The maximum absolute atomic E-state index is 13.7. The first-order valence-corrected chi connectivity index (χ1v) is 20.9. The molecule has 0 saturated carbocycles. The van der Waals surface area contributed by atoms with Crippen LogP contribution in [0.2, 0.25) is 5.02 Å². The number of imide groups is 2. The molecule has 5 heterocycles. The lowest BCUT2D eigenvalue weighted by Crippen LogP contribution is -2.58. The first-order chi connectivity index (χ1) is 29.4. The molecule has 3 atom stereocenters. The van der Waals surface area contributed by atoms with E-state index in [1.54, 1.807) is 30.3 Å². The van der Waals surface area contributed by atoms with Crippen LogP contribution in [-0.4, -0.2) is 119 Å². The van der Waals surface area contributed by atoms with Crippen molar-refractivity contribution in [3.8, 4) is 5.75 Å². The highest BCUT2D eigenvalue weighted by atomic mass is 35.5. The topological polar surface area (TPSA) is 169 Å². The molecule has 8 rings (SSSR count). The van der Waals surface area contributed by atoms with Crippen LogP contribution in [0, 0.1) is 11.7 Å². The average molecular weight is 852 g/mol. The molecule has 3 aromatic carbocycles. The second kappa shape index (κ2) is 17.6. The zero-order valence-electron chi connectivity index (χ0n) is 34.1. The van der Waals surface area contributed by atoms with E-state index in [2.05, 4.69) is 54.5 Å². The van der Waals surface area contributed by atoms with Gasteiger partial charge < -0.3 is 20.3 Å². The first-order valence-electron chi connectivity index (χ1n) is 20.5. The van der Waals surface area contributed by atoms with Gasteiger partial charge in [-0.15, -0.1) is 0 Å². The zero-order chi connectivity index (χ0) is 42.9. The Kier molecular flexibility index (Phi) is 12.0. The maximum Gasteiger partial charge on any atom is 0.262 e. The molecular formula is C44H47ClFN9O6. The quantitative estimate of drug-likeness (QED) is 0.130. The van der Waals surface area contributed by atoms with Gasteiger partial charge in [-0.1, -0.05) is 17.7 Å². The van der Waals surface area contributed by atoms with Gasteiger partial charge in [0.1, 0.15) is 29.8 Å². The van der Waals surface area contributed by atoms with Crippen LogP contribution < -0.4 is 25.6 Å². The van der Waals surface area contributed by atoms with Crippen molar-refractivity contribution in [2.45, 2.75) is 57.7 Å². The predicted octanol–water partition coefficient (Wildman–Crippen LogP) is 5.38. The molecule has 1 aromatic heterocycles. The van der Waals surface area contributed by atoms with Gasteiger partial charge in [0.2, 0.25) is 17.7 Å². The molecule has 4 aliphatic rings. The molecule has 0 bridgehead atoms. The van der Waals surface area contributed by atoms with Crippen LogP contribution in [0.15, 0.2) is 67.0 Å². The molecule has 3 fully saturated rings. The van der Waals surface area contributed by atoms with Gasteiger partial charge >= 0.3 is 0 Å². The number of nitrogens with one attached hydrogen (secondary N) is 3. The third kappa shape index (κ3) is 8.79. The van der Waals surface area contributed by atoms with E-state index >= 15 is 0 Å². The number of likely N-dealkylation sites (tertiary alicyclic amines) is 1. The predicted molar refractivity (Wildman–Crippen MR) is 229 cm³/mol. The van der Waals surface area contributed by atoms with Gasteiger partial charge in [-0.2, -0.15) is 0 Å². The fraction of sp³-hybridized carbons (Fsp3) is 0.386. The number of carbonyl (C=O) groups is 5. The standard InChI is InChI=1S/C44H47ClFN9O6/c1-25-21-53(22-26(2)54(25)29-7-8-30-31(18-29)44(60)55(43(30)59)37-10-11-40(57)51-42(37)58)23-27-12-15-52(16-13-27)14-4-5-39(56)50-36-19-32-35(20-38(36)61-3)47-24-48-41(32)49-28-6-9-34(46)33(45)17-28/h4-9,17-20,24-27,37H,10-16,21-23H2,1-3H3,(H,50,56)(H,47,48,49)(H,51,57,58)/b5-4+. The van der Waals surface area contributed by atoms with Gasteiger partial charge in [0, 0.05) is 73.6 Å². The van der Waals surface area contributed by atoms with Crippen molar-refractivity contribution < 1.29 is 33.1 Å². The van der Waals surface area contributed by atoms with Gasteiger partial charge in [-0.05, 0) is 94.6 Å². The van der Waals surface area contributed by atoms with Gasteiger partial charge in [0.15, 0.2) is 0 Å². The van der Waals surface area contributed by atoms with Crippen LogP contribution in [-0.2, 0) is 14.4 Å². The summed E-state index contributed by atoms with van der Waals surface area (Å²) in [6.07, 6.45) is 7.09. The van der Waals surface area contributed by atoms with Crippen molar-refractivity contribution >= 4 is 74.9 Å². The molecule has 3 unspecified atom stereocenters. The fourth-order valence-electron chi connectivity index (χ4n) is 9.07. The van der Waals surface area contributed by atoms with Crippen molar-refractivity contribution in [3.63, 3.8) is 0 Å². The summed E-state index contributed by atoms with van der Waals surface area (Å²) in [5, 5.41) is 8.91. The molecule has 61 heavy (non-hydrogen) atoms. The second-order valence-corrected chi connectivity index (χ2v) is 16.6. The fourth-order valence-corrected chi connectivity index (χ4v) is 9.25. The third-order valence-electron chi connectivity index (χ3n) is 12.0. The molecule has 5 amide bonds. The smallest absolute Gasteiger partial charge is 0.262 e. The lowest BCUT2D eigenvalue weighted by atomic mass is 9.94. The molecule has 4 aromatic rings. The Hall–Kier alpha value is -5.97. The monoisotopic (exact) mass is 851 g/mol. The van der Waals surface area contributed by atoms with Crippen molar-refractivity contribution in [1.29, 1.82) is 0 Å². The number of anilines is 4. The van der Waals surface area contributed by atoms with Crippen LogP contribution in [0.25, 0.3) is 10.9 Å². The number of halogens is 2. The van der Waals surface area contributed by atoms with E-state index in [4.69, 9.17) is 16.3 Å². The van der Waals surface area contributed by atoms with Crippen LogP contribution >= 0.6 is 11.6 Å². The highest BCUT2D eigenvalue weighted by molar-refractivity contribution is 6.31. The van der Waals surface area contributed by atoms with Crippen molar-refractivity contribution in [1.82, 2.24) is 30.0 Å². The molecular weight excluding hydrogens is 805 g/mol. The van der Waals surface area contributed by atoms with E-state index in [0.717, 1.165) is 56.2 Å². The number of methoxy groups -OCH3 is 1. The van der Waals surface area contributed by atoms with Crippen LogP contribution in [0.1, 0.15) is 60.2 Å². The van der Waals surface area contributed by atoms with Crippen LogP contribution in [0.5, 0.6) is 5.75 Å². The average Bonchev–Trinajstić information content (AvgIpc) is 3.47. The van der Waals surface area contributed by atoms with E-state index in [-0.39, 0.29) is 47.0 Å². The molecule has 15 nitrogen and oxygen atoms in total. The number of hydrogen-bond donors (Lipinski definition) is 3. The van der Waals surface area contributed by atoms with E-state index in [0.29, 0.717) is 46.3 Å². The normalized spacial score (nSPS) is 21.6. The number of piperidine rings is 2. The maximum atomic E-state index is 13.7. The number of carbonyl (C=O) groups excluding carboxylic acids is 5. The molecule has 0 spiro atoms. The molecule has 17 heteroatoms.